The molecule has 0 spiro atoms. The van der Waals surface area contributed by atoms with E-state index in [4.69, 9.17) is 5.26 Å². The molecule has 0 saturated carbocycles. The van der Waals surface area contributed by atoms with Crippen LogP contribution in [0.25, 0.3) is 0 Å². The molecule has 2 rings (SSSR count). The van der Waals surface area contributed by atoms with Gasteiger partial charge in [0.05, 0.1) is 23.1 Å². The first-order valence-electron chi connectivity index (χ1n) is 5.88. The van der Waals surface area contributed by atoms with E-state index >= 15 is 0 Å². The molecular weight excluding hydrogens is 274 g/mol. The van der Waals surface area contributed by atoms with E-state index in [0.717, 1.165) is 0 Å². The fraction of sp³-hybridized carbons (Fsp3) is 0.143. The molecule has 0 aliphatic heterocycles. The van der Waals surface area contributed by atoms with Crippen LogP contribution in [0.3, 0.4) is 0 Å². The first kappa shape index (κ1) is 14.0. The number of hydrogen-bond acceptors (Lipinski definition) is 4. The average Bonchev–Trinajstić information content (AvgIpc) is 2.48. The van der Waals surface area contributed by atoms with E-state index in [-0.39, 0.29) is 5.75 Å². The predicted octanol–water partition coefficient (Wildman–Crippen LogP) is 1.92. The maximum absolute atomic E-state index is 12.3. The molecule has 0 aliphatic carbocycles. The van der Waals surface area contributed by atoms with Crippen LogP contribution in [0.1, 0.15) is 11.1 Å². The lowest BCUT2D eigenvalue weighted by atomic mass is 10.2. The molecule has 0 amide bonds. The summed E-state index contributed by atoms with van der Waals surface area (Å²) in [5, 5.41) is 8.72. The molecule has 2 aromatic rings. The van der Waals surface area contributed by atoms with E-state index in [1.807, 2.05) is 6.07 Å². The Morgan fingerprint density at radius 3 is 2.30 bits per heavy atom. The minimum Gasteiger partial charge on any atom is -0.273 e. The number of sulfonamides is 1. The summed E-state index contributed by atoms with van der Waals surface area (Å²) in [6.07, 6.45) is 3.09. The van der Waals surface area contributed by atoms with Crippen molar-refractivity contribution in [3.05, 3.63) is 59.9 Å². The SMILES string of the molecule is CN(c1ccncc1)S(=O)(=O)Cc1ccc(C#N)cc1. The van der Waals surface area contributed by atoms with Crippen LogP contribution in [0.4, 0.5) is 5.69 Å². The maximum Gasteiger partial charge on any atom is 0.239 e. The van der Waals surface area contributed by atoms with Gasteiger partial charge in [-0.05, 0) is 29.8 Å². The van der Waals surface area contributed by atoms with Crippen LogP contribution in [0.2, 0.25) is 0 Å². The van der Waals surface area contributed by atoms with Crippen LogP contribution >= 0.6 is 0 Å². The predicted molar refractivity (Wildman–Crippen MR) is 76.4 cm³/mol. The van der Waals surface area contributed by atoms with Gasteiger partial charge in [0.2, 0.25) is 10.0 Å². The first-order valence-corrected chi connectivity index (χ1v) is 7.49. The van der Waals surface area contributed by atoms with Crippen LogP contribution in [-0.2, 0) is 15.8 Å². The highest BCUT2D eigenvalue weighted by atomic mass is 32.2. The summed E-state index contributed by atoms with van der Waals surface area (Å²) in [6.45, 7) is 0. The molecule has 0 bridgehead atoms. The monoisotopic (exact) mass is 287 g/mol. The number of hydrogen-bond donors (Lipinski definition) is 0. The van der Waals surface area contributed by atoms with Gasteiger partial charge in [0.15, 0.2) is 0 Å². The van der Waals surface area contributed by atoms with Gasteiger partial charge in [-0.3, -0.25) is 9.29 Å². The summed E-state index contributed by atoms with van der Waals surface area (Å²) in [5.74, 6) is -0.114. The summed E-state index contributed by atoms with van der Waals surface area (Å²) in [5.41, 5.74) is 1.71. The Labute approximate surface area is 118 Å². The zero-order valence-corrected chi connectivity index (χ0v) is 11.7. The first-order chi connectivity index (χ1) is 9.53. The van der Waals surface area contributed by atoms with Gasteiger partial charge in [0.1, 0.15) is 0 Å². The third kappa shape index (κ3) is 3.13. The molecule has 0 aliphatic rings. The van der Waals surface area contributed by atoms with E-state index in [0.29, 0.717) is 16.8 Å². The van der Waals surface area contributed by atoms with Gasteiger partial charge in [-0.25, -0.2) is 8.42 Å². The van der Waals surface area contributed by atoms with Crippen LogP contribution in [-0.4, -0.2) is 20.4 Å². The summed E-state index contributed by atoms with van der Waals surface area (Å²) in [6, 6.07) is 11.8. The van der Waals surface area contributed by atoms with Crippen molar-refractivity contribution < 1.29 is 8.42 Å². The van der Waals surface area contributed by atoms with Gasteiger partial charge in [-0.1, -0.05) is 12.1 Å². The molecule has 0 atom stereocenters. The number of nitriles is 1. The largest absolute Gasteiger partial charge is 0.273 e. The minimum absolute atomic E-state index is 0.114. The topological polar surface area (TPSA) is 74.1 Å². The minimum atomic E-state index is -3.46. The number of pyridine rings is 1. The van der Waals surface area contributed by atoms with Crippen molar-refractivity contribution in [3.8, 4) is 6.07 Å². The molecule has 20 heavy (non-hydrogen) atoms. The van der Waals surface area contributed by atoms with E-state index in [1.165, 1.54) is 11.4 Å². The van der Waals surface area contributed by atoms with Gasteiger partial charge in [0.25, 0.3) is 0 Å². The molecule has 0 fully saturated rings. The van der Waals surface area contributed by atoms with Crippen molar-refractivity contribution in [1.82, 2.24) is 4.98 Å². The standard InChI is InChI=1S/C14H13N3O2S/c1-17(14-6-8-16-9-7-14)20(18,19)11-13-4-2-12(10-15)3-5-13/h2-9H,11H2,1H3. The second-order valence-corrected chi connectivity index (χ2v) is 6.24. The zero-order chi connectivity index (χ0) is 14.6. The molecule has 5 nitrogen and oxygen atoms in total. The molecule has 0 radical (unpaired) electrons. The number of anilines is 1. The van der Waals surface area contributed by atoms with Gasteiger partial charge in [-0.15, -0.1) is 0 Å². The summed E-state index contributed by atoms with van der Waals surface area (Å²) < 4.78 is 25.8. The molecule has 102 valence electrons. The van der Waals surface area contributed by atoms with Crippen LogP contribution < -0.4 is 4.31 Å². The highest BCUT2D eigenvalue weighted by Gasteiger charge is 2.18. The average molecular weight is 287 g/mol. The number of aromatic nitrogens is 1. The third-order valence-corrected chi connectivity index (χ3v) is 4.62. The van der Waals surface area contributed by atoms with Crippen molar-refractivity contribution in [2.75, 3.05) is 11.4 Å². The van der Waals surface area contributed by atoms with Gasteiger partial charge < -0.3 is 0 Å². The lowest BCUT2D eigenvalue weighted by Crippen LogP contribution is -2.27. The van der Waals surface area contributed by atoms with E-state index in [2.05, 4.69) is 4.98 Å². The number of benzene rings is 1. The molecule has 1 aromatic heterocycles. The van der Waals surface area contributed by atoms with E-state index in [9.17, 15) is 8.42 Å². The summed E-state index contributed by atoms with van der Waals surface area (Å²) in [4.78, 5) is 3.86. The third-order valence-electron chi connectivity index (χ3n) is 2.88. The van der Waals surface area contributed by atoms with Crippen molar-refractivity contribution >= 4 is 15.7 Å². The van der Waals surface area contributed by atoms with Crippen molar-refractivity contribution in [2.45, 2.75) is 5.75 Å². The summed E-state index contributed by atoms with van der Waals surface area (Å²) >= 11 is 0. The molecule has 1 aromatic carbocycles. The van der Waals surface area contributed by atoms with E-state index < -0.39 is 10.0 Å². The maximum atomic E-state index is 12.3. The lowest BCUT2D eigenvalue weighted by Gasteiger charge is -2.19. The molecular formula is C14H13N3O2S. The van der Waals surface area contributed by atoms with Crippen LogP contribution in [0, 0.1) is 11.3 Å². The highest BCUT2D eigenvalue weighted by Crippen LogP contribution is 2.18. The van der Waals surface area contributed by atoms with Gasteiger partial charge in [-0.2, -0.15) is 5.26 Å². The lowest BCUT2D eigenvalue weighted by molar-refractivity contribution is 0.593. The quantitative estimate of drug-likeness (QED) is 0.861. The van der Waals surface area contributed by atoms with Gasteiger partial charge in [0, 0.05) is 19.4 Å². The Morgan fingerprint density at radius 2 is 1.75 bits per heavy atom. The molecule has 1 heterocycles. The molecule has 0 saturated heterocycles. The fourth-order valence-corrected chi connectivity index (χ4v) is 2.95. The smallest absolute Gasteiger partial charge is 0.239 e. The second-order valence-electron chi connectivity index (χ2n) is 4.24. The Hall–Kier alpha value is -2.39. The Balaban J connectivity index is 2.20. The number of nitrogens with zero attached hydrogens (tertiary/aromatic N) is 3. The van der Waals surface area contributed by atoms with Gasteiger partial charge >= 0.3 is 0 Å². The summed E-state index contributed by atoms with van der Waals surface area (Å²) in [7, 11) is -1.96. The number of rotatable bonds is 4. The Morgan fingerprint density at radius 1 is 1.15 bits per heavy atom. The van der Waals surface area contributed by atoms with Crippen LogP contribution in [0.5, 0.6) is 0 Å². The molecule has 0 unspecified atom stereocenters. The Kier molecular flexibility index (Phi) is 4.01. The van der Waals surface area contributed by atoms with Crippen molar-refractivity contribution in [1.29, 1.82) is 5.26 Å². The fourth-order valence-electron chi connectivity index (χ4n) is 1.70. The second kappa shape index (κ2) is 5.72. The van der Waals surface area contributed by atoms with Crippen LogP contribution in [0.15, 0.2) is 48.8 Å². The van der Waals surface area contributed by atoms with Crippen molar-refractivity contribution in [3.63, 3.8) is 0 Å². The Bertz CT molecular complexity index is 719. The molecule has 6 heteroatoms. The normalized spacial score (nSPS) is 10.8. The zero-order valence-electron chi connectivity index (χ0n) is 10.9. The van der Waals surface area contributed by atoms with E-state index in [1.54, 1.807) is 48.8 Å². The molecule has 0 N–H and O–H groups in total. The highest BCUT2D eigenvalue weighted by molar-refractivity contribution is 7.92. The van der Waals surface area contributed by atoms with Crippen molar-refractivity contribution in [2.24, 2.45) is 0 Å².